The van der Waals surface area contributed by atoms with Crippen LogP contribution in [0.5, 0.6) is 0 Å². The molecule has 0 aromatic heterocycles. The first-order valence-electron chi connectivity index (χ1n) is 8.00. The molecule has 0 heterocycles. The maximum atomic E-state index is 5.81. The second-order valence-electron chi connectivity index (χ2n) is 5.47. The third-order valence-electron chi connectivity index (χ3n) is 3.58. The Balaban J connectivity index is 2.46. The molecule has 0 aliphatic heterocycles. The highest BCUT2D eigenvalue weighted by atomic mass is 15.0. The van der Waals surface area contributed by atoms with Gasteiger partial charge in [-0.3, -0.25) is 0 Å². The molecule has 0 amide bonds. The van der Waals surface area contributed by atoms with Crippen molar-refractivity contribution in [3.05, 3.63) is 35.9 Å². The van der Waals surface area contributed by atoms with Crippen LogP contribution < -0.4 is 16.4 Å². The number of hydrogen-bond donors (Lipinski definition) is 3. The molecule has 20 heavy (non-hydrogen) atoms. The quantitative estimate of drug-likeness (QED) is 0.582. The van der Waals surface area contributed by atoms with Gasteiger partial charge in [0.15, 0.2) is 0 Å². The van der Waals surface area contributed by atoms with Gasteiger partial charge in [0.2, 0.25) is 0 Å². The molecule has 0 bridgehead atoms. The summed E-state index contributed by atoms with van der Waals surface area (Å²) in [5.41, 5.74) is 7.21. The zero-order chi connectivity index (χ0) is 14.6. The van der Waals surface area contributed by atoms with Gasteiger partial charge in [0.1, 0.15) is 0 Å². The van der Waals surface area contributed by atoms with Crippen molar-refractivity contribution in [1.82, 2.24) is 10.6 Å². The average Bonchev–Trinajstić information content (AvgIpc) is 2.49. The van der Waals surface area contributed by atoms with Crippen molar-refractivity contribution in [3.63, 3.8) is 0 Å². The third-order valence-corrected chi connectivity index (χ3v) is 3.58. The van der Waals surface area contributed by atoms with Gasteiger partial charge in [-0.1, -0.05) is 50.6 Å². The van der Waals surface area contributed by atoms with Gasteiger partial charge >= 0.3 is 0 Å². The van der Waals surface area contributed by atoms with Gasteiger partial charge in [-0.05, 0) is 31.4 Å². The summed E-state index contributed by atoms with van der Waals surface area (Å²) in [4.78, 5) is 0. The molecule has 3 nitrogen and oxygen atoms in total. The molecule has 2 unspecified atom stereocenters. The summed E-state index contributed by atoms with van der Waals surface area (Å²) >= 11 is 0. The summed E-state index contributed by atoms with van der Waals surface area (Å²) in [5.74, 6) is 0. The van der Waals surface area contributed by atoms with Crippen LogP contribution in [0.1, 0.15) is 38.7 Å². The van der Waals surface area contributed by atoms with E-state index in [1.165, 1.54) is 18.4 Å². The number of rotatable bonds is 11. The van der Waals surface area contributed by atoms with E-state index in [9.17, 15) is 0 Å². The predicted molar refractivity (Wildman–Crippen MR) is 88.0 cm³/mol. The Morgan fingerprint density at radius 3 is 2.35 bits per heavy atom. The Kier molecular flexibility index (Phi) is 9.29. The minimum absolute atomic E-state index is 0.446. The zero-order valence-electron chi connectivity index (χ0n) is 13.1. The van der Waals surface area contributed by atoms with E-state index in [2.05, 4.69) is 54.8 Å². The molecule has 0 saturated carbocycles. The molecule has 3 heteroatoms. The highest BCUT2D eigenvalue weighted by molar-refractivity contribution is 5.16. The molecule has 0 saturated heterocycles. The van der Waals surface area contributed by atoms with Crippen molar-refractivity contribution >= 4 is 0 Å². The topological polar surface area (TPSA) is 50.1 Å². The molecular weight excluding hydrogens is 246 g/mol. The number of nitrogens with one attached hydrogen (secondary N) is 2. The van der Waals surface area contributed by atoms with E-state index in [4.69, 9.17) is 5.73 Å². The Bertz CT molecular complexity index is 326. The Labute approximate surface area is 124 Å². The summed E-state index contributed by atoms with van der Waals surface area (Å²) in [5, 5.41) is 7.25. The lowest BCUT2D eigenvalue weighted by Gasteiger charge is -2.23. The minimum atomic E-state index is 0.446. The van der Waals surface area contributed by atoms with Gasteiger partial charge in [0, 0.05) is 25.2 Å². The van der Waals surface area contributed by atoms with E-state index in [0.29, 0.717) is 12.1 Å². The van der Waals surface area contributed by atoms with Crippen LogP contribution in [0.3, 0.4) is 0 Å². The molecule has 1 aromatic carbocycles. The van der Waals surface area contributed by atoms with E-state index >= 15 is 0 Å². The van der Waals surface area contributed by atoms with Gasteiger partial charge in [-0.2, -0.15) is 0 Å². The monoisotopic (exact) mass is 277 g/mol. The standard InChI is InChI=1S/C17H31N3/c1-3-8-16(13-18)20-14-17(19-11-4-2)12-15-9-6-5-7-10-15/h5-7,9-10,16-17,19-20H,3-4,8,11-14,18H2,1-2H3. The lowest BCUT2D eigenvalue weighted by Crippen LogP contribution is -2.46. The fourth-order valence-corrected chi connectivity index (χ4v) is 2.42. The maximum Gasteiger partial charge on any atom is 0.0232 e. The van der Waals surface area contributed by atoms with Crippen LogP contribution >= 0.6 is 0 Å². The Morgan fingerprint density at radius 2 is 1.75 bits per heavy atom. The molecule has 0 aliphatic carbocycles. The highest BCUT2D eigenvalue weighted by Gasteiger charge is 2.11. The molecule has 0 radical (unpaired) electrons. The molecule has 2 atom stereocenters. The lowest BCUT2D eigenvalue weighted by atomic mass is 10.0. The van der Waals surface area contributed by atoms with Crippen molar-refractivity contribution in [2.75, 3.05) is 19.6 Å². The summed E-state index contributed by atoms with van der Waals surface area (Å²) in [7, 11) is 0. The van der Waals surface area contributed by atoms with E-state index in [-0.39, 0.29) is 0 Å². The van der Waals surface area contributed by atoms with Crippen molar-refractivity contribution in [1.29, 1.82) is 0 Å². The van der Waals surface area contributed by atoms with E-state index in [1.54, 1.807) is 0 Å². The zero-order valence-corrected chi connectivity index (χ0v) is 13.1. The van der Waals surface area contributed by atoms with Crippen LogP contribution in [0.15, 0.2) is 30.3 Å². The number of hydrogen-bond acceptors (Lipinski definition) is 3. The molecule has 0 aliphatic rings. The van der Waals surface area contributed by atoms with Gasteiger partial charge in [-0.25, -0.2) is 0 Å². The molecule has 1 aromatic rings. The maximum absolute atomic E-state index is 5.81. The summed E-state index contributed by atoms with van der Waals surface area (Å²) in [6.07, 6.45) is 4.57. The predicted octanol–water partition coefficient (Wildman–Crippen LogP) is 2.31. The van der Waals surface area contributed by atoms with Crippen LogP contribution in [0.2, 0.25) is 0 Å². The van der Waals surface area contributed by atoms with Gasteiger partial charge in [0.25, 0.3) is 0 Å². The largest absolute Gasteiger partial charge is 0.329 e. The van der Waals surface area contributed by atoms with Crippen LogP contribution in [-0.4, -0.2) is 31.7 Å². The normalized spacial score (nSPS) is 14.2. The Morgan fingerprint density at radius 1 is 1.00 bits per heavy atom. The fraction of sp³-hybridized carbons (Fsp3) is 0.647. The molecule has 0 spiro atoms. The molecular formula is C17H31N3. The third kappa shape index (κ3) is 7.04. The highest BCUT2D eigenvalue weighted by Crippen LogP contribution is 2.04. The van der Waals surface area contributed by atoms with Crippen molar-refractivity contribution in [2.45, 2.75) is 51.6 Å². The second kappa shape index (κ2) is 10.8. The van der Waals surface area contributed by atoms with Crippen molar-refractivity contribution < 1.29 is 0 Å². The van der Waals surface area contributed by atoms with E-state index in [0.717, 1.165) is 32.5 Å². The molecule has 0 fully saturated rings. The first-order valence-corrected chi connectivity index (χ1v) is 8.00. The number of nitrogens with two attached hydrogens (primary N) is 1. The van der Waals surface area contributed by atoms with E-state index < -0.39 is 0 Å². The Hall–Kier alpha value is -0.900. The van der Waals surface area contributed by atoms with E-state index in [1.807, 2.05) is 0 Å². The van der Waals surface area contributed by atoms with Crippen LogP contribution in [0, 0.1) is 0 Å². The lowest BCUT2D eigenvalue weighted by molar-refractivity contribution is 0.415. The van der Waals surface area contributed by atoms with Crippen LogP contribution in [-0.2, 0) is 6.42 Å². The molecule has 114 valence electrons. The van der Waals surface area contributed by atoms with Crippen LogP contribution in [0.25, 0.3) is 0 Å². The number of benzene rings is 1. The average molecular weight is 277 g/mol. The summed E-state index contributed by atoms with van der Waals surface area (Å²) in [6.45, 7) is 7.19. The van der Waals surface area contributed by atoms with Gasteiger partial charge < -0.3 is 16.4 Å². The second-order valence-corrected chi connectivity index (χ2v) is 5.47. The molecule has 1 rings (SSSR count). The smallest absolute Gasteiger partial charge is 0.0232 e. The first-order chi connectivity index (χ1) is 9.80. The van der Waals surface area contributed by atoms with Crippen molar-refractivity contribution in [2.24, 2.45) is 5.73 Å². The van der Waals surface area contributed by atoms with Gasteiger partial charge in [0.05, 0.1) is 0 Å². The fourth-order valence-electron chi connectivity index (χ4n) is 2.42. The first kappa shape index (κ1) is 17.2. The van der Waals surface area contributed by atoms with Crippen LogP contribution in [0.4, 0.5) is 0 Å². The minimum Gasteiger partial charge on any atom is -0.329 e. The summed E-state index contributed by atoms with van der Waals surface area (Å²) < 4.78 is 0. The van der Waals surface area contributed by atoms with Crippen molar-refractivity contribution in [3.8, 4) is 0 Å². The summed E-state index contributed by atoms with van der Waals surface area (Å²) in [6, 6.07) is 11.6. The van der Waals surface area contributed by atoms with Gasteiger partial charge in [-0.15, -0.1) is 0 Å². The molecule has 4 N–H and O–H groups in total. The SMILES string of the molecule is CCCNC(CNC(CN)CCC)Cc1ccccc1.